The molecule has 0 saturated carbocycles. The third-order valence-corrected chi connectivity index (χ3v) is 2.42. The molecule has 3 N–H and O–H groups in total. The summed E-state index contributed by atoms with van der Waals surface area (Å²) in [7, 11) is 1.88. The lowest BCUT2D eigenvalue weighted by Gasteiger charge is -2.14. The maximum atomic E-state index is 11.6. The number of carbonyl (C=O) groups excluding carboxylic acids is 1. The Morgan fingerprint density at radius 2 is 2.44 bits per heavy atom. The van der Waals surface area contributed by atoms with Crippen LogP contribution in [-0.4, -0.2) is 29.5 Å². The van der Waals surface area contributed by atoms with Crippen molar-refractivity contribution in [3.8, 4) is 0 Å². The topological polar surface area (TPSA) is 69.8 Å². The van der Waals surface area contributed by atoms with Crippen molar-refractivity contribution in [1.29, 1.82) is 0 Å². The Bertz CT molecular complexity index is 297. The molecule has 5 nitrogen and oxygen atoms in total. The van der Waals surface area contributed by atoms with Crippen LogP contribution in [0.5, 0.6) is 0 Å². The number of imidazole rings is 1. The van der Waals surface area contributed by atoms with Gasteiger partial charge in [-0.25, -0.2) is 4.98 Å². The van der Waals surface area contributed by atoms with Crippen LogP contribution in [-0.2, 0) is 4.79 Å². The van der Waals surface area contributed by atoms with E-state index >= 15 is 0 Å². The van der Waals surface area contributed by atoms with Crippen molar-refractivity contribution < 1.29 is 4.79 Å². The summed E-state index contributed by atoms with van der Waals surface area (Å²) < 4.78 is 0. The molecule has 1 aromatic rings. The van der Waals surface area contributed by atoms with E-state index in [0.29, 0.717) is 6.42 Å². The van der Waals surface area contributed by atoms with Gasteiger partial charge in [0.2, 0.25) is 5.91 Å². The number of rotatable bonds is 7. The van der Waals surface area contributed by atoms with Gasteiger partial charge in [-0.3, -0.25) is 4.79 Å². The number of hydrogen-bond donors (Lipinski definition) is 3. The Morgan fingerprint density at radius 3 is 3.00 bits per heavy atom. The summed E-state index contributed by atoms with van der Waals surface area (Å²) >= 11 is 0. The summed E-state index contributed by atoms with van der Waals surface area (Å²) in [5.41, 5.74) is 0. The van der Waals surface area contributed by atoms with E-state index in [9.17, 15) is 4.79 Å². The van der Waals surface area contributed by atoms with Gasteiger partial charge in [-0.1, -0.05) is 6.92 Å². The summed E-state index contributed by atoms with van der Waals surface area (Å²) in [4.78, 5) is 18.8. The highest BCUT2D eigenvalue weighted by Gasteiger charge is 2.13. The van der Waals surface area contributed by atoms with Gasteiger partial charge in [-0.2, -0.15) is 0 Å². The molecule has 1 amide bonds. The molecule has 5 heteroatoms. The summed E-state index contributed by atoms with van der Waals surface area (Å²) in [6, 6.07) is -0.00270. The molecule has 0 aliphatic rings. The van der Waals surface area contributed by atoms with E-state index in [-0.39, 0.29) is 11.9 Å². The van der Waals surface area contributed by atoms with Crippen molar-refractivity contribution in [2.45, 2.75) is 32.2 Å². The first kappa shape index (κ1) is 12.7. The quantitative estimate of drug-likeness (QED) is 0.605. The van der Waals surface area contributed by atoms with Crippen molar-refractivity contribution in [1.82, 2.24) is 20.6 Å². The van der Waals surface area contributed by atoms with Crippen molar-refractivity contribution in [3.63, 3.8) is 0 Å². The van der Waals surface area contributed by atoms with E-state index in [1.807, 2.05) is 14.0 Å². The maximum absolute atomic E-state index is 11.6. The van der Waals surface area contributed by atoms with E-state index in [1.165, 1.54) is 0 Å². The van der Waals surface area contributed by atoms with Crippen molar-refractivity contribution in [2.75, 3.05) is 13.6 Å². The first-order valence-corrected chi connectivity index (χ1v) is 5.71. The predicted molar refractivity (Wildman–Crippen MR) is 62.9 cm³/mol. The average Bonchev–Trinajstić information content (AvgIpc) is 2.79. The minimum atomic E-state index is -0.00270. The second-order valence-electron chi connectivity index (χ2n) is 3.71. The predicted octanol–water partition coefficient (Wildman–Crippen LogP) is 0.977. The molecular formula is C11H20N4O. The standard InChI is InChI=1S/C11H20N4O/c1-3-9(11-13-7-8-14-11)15-10(16)5-4-6-12-2/h7-9,12H,3-6H2,1-2H3,(H,13,14)(H,15,16). The van der Waals surface area contributed by atoms with Gasteiger partial charge < -0.3 is 15.6 Å². The summed E-state index contributed by atoms with van der Waals surface area (Å²) in [5.74, 6) is 0.906. The number of aromatic nitrogens is 2. The van der Waals surface area contributed by atoms with Gasteiger partial charge in [0.25, 0.3) is 0 Å². The highest BCUT2D eigenvalue weighted by Crippen LogP contribution is 2.11. The van der Waals surface area contributed by atoms with E-state index in [0.717, 1.165) is 25.2 Å². The molecule has 1 aromatic heterocycles. The van der Waals surface area contributed by atoms with Gasteiger partial charge in [-0.15, -0.1) is 0 Å². The van der Waals surface area contributed by atoms with Crippen LogP contribution in [0, 0.1) is 0 Å². The van der Waals surface area contributed by atoms with Crippen LogP contribution in [0.4, 0.5) is 0 Å². The van der Waals surface area contributed by atoms with Gasteiger partial charge in [0, 0.05) is 18.8 Å². The zero-order valence-corrected chi connectivity index (χ0v) is 9.92. The molecule has 0 aromatic carbocycles. The molecule has 0 aliphatic heterocycles. The number of nitrogens with one attached hydrogen (secondary N) is 3. The average molecular weight is 224 g/mol. The Morgan fingerprint density at radius 1 is 1.62 bits per heavy atom. The van der Waals surface area contributed by atoms with E-state index < -0.39 is 0 Å². The summed E-state index contributed by atoms with van der Waals surface area (Å²) in [6.07, 6.45) is 5.72. The third-order valence-electron chi connectivity index (χ3n) is 2.42. The Balaban J connectivity index is 2.36. The van der Waals surface area contributed by atoms with Crippen LogP contribution in [0.3, 0.4) is 0 Å². The van der Waals surface area contributed by atoms with Crippen LogP contribution in [0.25, 0.3) is 0 Å². The number of H-pyrrole nitrogens is 1. The molecule has 0 bridgehead atoms. The molecule has 1 heterocycles. The first-order chi connectivity index (χ1) is 7.77. The Kier molecular flexibility index (Phi) is 5.56. The normalized spacial score (nSPS) is 12.4. The molecule has 1 rings (SSSR count). The molecule has 0 aliphatic carbocycles. The van der Waals surface area contributed by atoms with E-state index in [4.69, 9.17) is 0 Å². The number of carbonyl (C=O) groups is 1. The smallest absolute Gasteiger partial charge is 0.220 e. The van der Waals surface area contributed by atoms with Crippen LogP contribution < -0.4 is 10.6 Å². The molecule has 1 atom stereocenters. The highest BCUT2D eigenvalue weighted by atomic mass is 16.1. The van der Waals surface area contributed by atoms with Crippen molar-refractivity contribution >= 4 is 5.91 Å². The third kappa shape index (κ3) is 4.02. The number of aromatic amines is 1. The van der Waals surface area contributed by atoms with Gasteiger partial charge >= 0.3 is 0 Å². The number of amides is 1. The molecule has 0 radical (unpaired) electrons. The molecule has 0 spiro atoms. The zero-order valence-electron chi connectivity index (χ0n) is 9.92. The largest absolute Gasteiger partial charge is 0.347 e. The molecule has 90 valence electrons. The molecule has 16 heavy (non-hydrogen) atoms. The first-order valence-electron chi connectivity index (χ1n) is 5.71. The molecule has 0 saturated heterocycles. The fourth-order valence-electron chi connectivity index (χ4n) is 1.52. The lowest BCUT2D eigenvalue weighted by atomic mass is 10.2. The van der Waals surface area contributed by atoms with Gasteiger partial charge in [0.1, 0.15) is 5.82 Å². The van der Waals surface area contributed by atoms with Crippen LogP contribution in [0.1, 0.15) is 38.1 Å². The molecule has 1 unspecified atom stereocenters. The minimum absolute atomic E-state index is 0.00270. The zero-order chi connectivity index (χ0) is 11.8. The summed E-state index contributed by atoms with van der Waals surface area (Å²) in [5, 5.41) is 5.99. The van der Waals surface area contributed by atoms with Crippen molar-refractivity contribution in [3.05, 3.63) is 18.2 Å². The SMILES string of the molecule is CCC(NC(=O)CCCNC)c1ncc[nH]1. The Hall–Kier alpha value is -1.36. The van der Waals surface area contributed by atoms with Crippen molar-refractivity contribution in [2.24, 2.45) is 0 Å². The van der Waals surface area contributed by atoms with E-state index in [1.54, 1.807) is 12.4 Å². The van der Waals surface area contributed by atoms with Crippen LogP contribution >= 0.6 is 0 Å². The lowest BCUT2D eigenvalue weighted by Crippen LogP contribution is -2.29. The highest BCUT2D eigenvalue weighted by molar-refractivity contribution is 5.76. The fraction of sp³-hybridized carbons (Fsp3) is 0.636. The molecule has 0 fully saturated rings. The number of hydrogen-bond acceptors (Lipinski definition) is 3. The van der Waals surface area contributed by atoms with Gasteiger partial charge in [0.15, 0.2) is 0 Å². The maximum Gasteiger partial charge on any atom is 0.220 e. The number of nitrogens with zero attached hydrogens (tertiary/aromatic N) is 1. The minimum Gasteiger partial charge on any atom is -0.347 e. The monoisotopic (exact) mass is 224 g/mol. The fourth-order valence-corrected chi connectivity index (χ4v) is 1.52. The molecular weight excluding hydrogens is 204 g/mol. The lowest BCUT2D eigenvalue weighted by molar-refractivity contribution is -0.122. The van der Waals surface area contributed by atoms with Crippen LogP contribution in [0.15, 0.2) is 12.4 Å². The summed E-state index contributed by atoms with van der Waals surface area (Å²) in [6.45, 7) is 2.89. The van der Waals surface area contributed by atoms with Gasteiger partial charge in [0.05, 0.1) is 6.04 Å². The van der Waals surface area contributed by atoms with Crippen LogP contribution in [0.2, 0.25) is 0 Å². The Labute approximate surface area is 96.0 Å². The second kappa shape index (κ2) is 7.00. The second-order valence-corrected chi connectivity index (χ2v) is 3.71. The van der Waals surface area contributed by atoms with E-state index in [2.05, 4.69) is 20.6 Å². The van der Waals surface area contributed by atoms with Gasteiger partial charge in [-0.05, 0) is 26.4 Å².